The molecule has 0 aliphatic carbocycles. The minimum absolute atomic E-state index is 0.254. The predicted molar refractivity (Wildman–Crippen MR) is 99.4 cm³/mol. The molecule has 2 aromatic carbocycles. The first kappa shape index (κ1) is 19.0. The fraction of sp³-hybridized carbons (Fsp3) is 0.333. The number of hydrogen-bond acceptors (Lipinski definition) is 3. The number of benzene rings is 2. The van der Waals surface area contributed by atoms with Gasteiger partial charge in [-0.25, -0.2) is 9.18 Å². The molecule has 0 aromatic heterocycles. The van der Waals surface area contributed by atoms with Crippen molar-refractivity contribution in [1.29, 1.82) is 0 Å². The second kappa shape index (κ2) is 8.77. The molecule has 2 N–H and O–H groups in total. The highest BCUT2D eigenvalue weighted by atomic mass is 19.1. The molecule has 5 nitrogen and oxygen atoms in total. The van der Waals surface area contributed by atoms with Gasteiger partial charge in [0, 0.05) is 13.1 Å². The molecule has 0 saturated carbocycles. The van der Waals surface area contributed by atoms with Crippen molar-refractivity contribution in [2.45, 2.75) is 25.4 Å². The molecule has 1 fully saturated rings. The number of amides is 1. The minimum atomic E-state index is -1.08. The predicted octanol–water partition coefficient (Wildman–Crippen LogP) is 2.98. The molecule has 0 bridgehead atoms. The largest absolute Gasteiger partial charge is 0.479 e. The molecule has 1 aliphatic heterocycles. The average Bonchev–Trinajstić information content (AvgIpc) is 2.66. The van der Waals surface area contributed by atoms with E-state index in [9.17, 15) is 19.1 Å². The Labute approximate surface area is 157 Å². The van der Waals surface area contributed by atoms with Gasteiger partial charge in [-0.1, -0.05) is 42.5 Å². The van der Waals surface area contributed by atoms with E-state index < -0.39 is 12.0 Å². The molecular weight excluding hydrogens is 347 g/mol. The van der Waals surface area contributed by atoms with Crippen LogP contribution in [0.5, 0.6) is 0 Å². The maximum absolute atomic E-state index is 13.4. The highest BCUT2D eigenvalue weighted by Crippen LogP contribution is 2.21. The molecule has 27 heavy (non-hydrogen) atoms. The summed E-state index contributed by atoms with van der Waals surface area (Å²) in [4.78, 5) is 26.4. The maximum Gasteiger partial charge on any atom is 0.330 e. The summed E-state index contributed by atoms with van der Waals surface area (Å²) in [5, 5.41) is 12.2. The summed E-state index contributed by atoms with van der Waals surface area (Å²) in [5.74, 6) is -1.89. The Morgan fingerprint density at radius 3 is 2.67 bits per heavy atom. The van der Waals surface area contributed by atoms with Crippen LogP contribution in [-0.2, 0) is 16.1 Å². The number of hydrogen-bond donors (Lipinski definition) is 2. The average molecular weight is 370 g/mol. The molecule has 3 rings (SSSR count). The van der Waals surface area contributed by atoms with Crippen molar-refractivity contribution in [2.24, 2.45) is 5.92 Å². The first-order chi connectivity index (χ1) is 13.0. The second-order valence-corrected chi connectivity index (χ2v) is 6.89. The van der Waals surface area contributed by atoms with Gasteiger partial charge in [0.2, 0.25) is 5.91 Å². The lowest BCUT2D eigenvalue weighted by molar-refractivity contribution is -0.143. The first-order valence-electron chi connectivity index (χ1n) is 9.08. The summed E-state index contributed by atoms with van der Waals surface area (Å²) in [7, 11) is 0. The molecule has 1 heterocycles. The van der Waals surface area contributed by atoms with Crippen LogP contribution in [0.4, 0.5) is 4.39 Å². The lowest BCUT2D eigenvalue weighted by Crippen LogP contribution is -2.45. The molecule has 1 amide bonds. The number of rotatable bonds is 6. The van der Waals surface area contributed by atoms with Crippen molar-refractivity contribution in [2.75, 3.05) is 13.1 Å². The monoisotopic (exact) mass is 370 g/mol. The summed E-state index contributed by atoms with van der Waals surface area (Å²) in [5.41, 5.74) is 1.41. The second-order valence-electron chi connectivity index (χ2n) is 6.89. The van der Waals surface area contributed by atoms with E-state index in [1.807, 2.05) is 6.07 Å². The van der Waals surface area contributed by atoms with Gasteiger partial charge in [0.15, 0.2) is 6.04 Å². The van der Waals surface area contributed by atoms with Crippen molar-refractivity contribution in [3.63, 3.8) is 0 Å². The molecule has 2 atom stereocenters. The van der Waals surface area contributed by atoms with E-state index in [0.29, 0.717) is 25.1 Å². The van der Waals surface area contributed by atoms with E-state index in [1.54, 1.807) is 36.4 Å². The van der Waals surface area contributed by atoms with E-state index >= 15 is 0 Å². The van der Waals surface area contributed by atoms with Crippen LogP contribution in [0, 0.1) is 11.7 Å². The number of nitrogens with zero attached hydrogens (tertiary/aromatic N) is 1. The standard InChI is InChI=1S/C21H23FN2O3/c22-18-10-4-6-15(12-18)13-24-11-5-9-17(14-24)20(25)23-19(21(26)27)16-7-2-1-3-8-16/h1-4,6-8,10,12,17,19H,5,9,11,13-14H2,(H,23,25)(H,26,27)/t17-,19-/m1/s1. The van der Waals surface area contributed by atoms with Crippen molar-refractivity contribution in [1.82, 2.24) is 10.2 Å². The van der Waals surface area contributed by atoms with Crippen LogP contribution in [0.15, 0.2) is 54.6 Å². The number of carbonyl (C=O) groups excluding carboxylic acids is 1. The molecule has 0 unspecified atom stereocenters. The van der Waals surface area contributed by atoms with E-state index in [-0.39, 0.29) is 17.6 Å². The van der Waals surface area contributed by atoms with Crippen LogP contribution in [0.25, 0.3) is 0 Å². The molecule has 6 heteroatoms. The zero-order chi connectivity index (χ0) is 19.2. The Balaban J connectivity index is 1.63. The van der Waals surface area contributed by atoms with Crippen LogP contribution < -0.4 is 5.32 Å². The summed E-state index contributed by atoms with van der Waals surface area (Å²) in [6.45, 7) is 1.94. The molecule has 142 valence electrons. The van der Waals surface area contributed by atoms with E-state index in [0.717, 1.165) is 18.5 Å². The number of halogens is 1. The highest BCUT2D eigenvalue weighted by Gasteiger charge is 2.29. The van der Waals surface area contributed by atoms with Gasteiger partial charge in [-0.15, -0.1) is 0 Å². The van der Waals surface area contributed by atoms with Crippen LogP contribution in [-0.4, -0.2) is 35.0 Å². The molecule has 1 saturated heterocycles. The van der Waals surface area contributed by atoms with Gasteiger partial charge in [0.1, 0.15) is 5.82 Å². The van der Waals surface area contributed by atoms with E-state index in [1.165, 1.54) is 12.1 Å². The quantitative estimate of drug-likeness (QED) is 0.820. The SMILES string of the molecule is O=C(N[C@@H](C(=O)O)c1ccccc1)[C@@H]1CCCN(Cc2cccc(F)c2)C1. The maximum atomic E-state index is 13.4. The van der Waals surface area contributed by atoms with Gasteiger partial charge in [-0.2, -0.15) is 0 Å². The number of carboxylic acid groups (broad SMARTS) is 1. The van der Waals surface area contributed by atoms with Gasteiger partial charge in [0.05, 0.1) is 5.92 Å². The van der Waals surface area contributed by atoms with Crippen LogP contribution in [0.1, 0.15) is 30.0 Å². The third kappa shape index (κ3) is 5.14. The van der Waals surface area contributed by atoms with Crippen molar-refractivity contribution >= 4 is 11.9 Å². The van der Waals surface area contributed by atoms with Gasteiger partial charge < -0.3 is 10.4 Å². The Kier molecular flexibility index (Phi) is 6.19. The lowest BCUT2D eigenvalue weighted by Gasteiger charge is -2.32. The number of aliphatic carboxylic acids is 1. The number of piperidine rings is 1. The Bertz CT molecular complexity index is 797. The molecule has 2 aromatic rings. The molecule has 0 radical (unpaired) electrons. The van der Waals surface area contributed by atoms with E-state index in [2.05, 4.69) is 10.2 Å². The molecule has 1 aliphatic rings. The Morgan fingerprint density at radius 2 is 1.96 bits per heavy atom. The zero-order valence-corrected chi connectivity index (χ0v) is 15.0. The summed E-state index contributed by atoms with van der Waals surface area (Å²) >= 11 is 0. The fourth-order valence-corrected chi connectivity index (χ4v) is 3.50. The lowest BCUT2D eigenvalue weighted by atomic mass is 9.95. The van der Waals surface area contributed by atoms with E-state index in [4.69, 9.17) is 0 Å². The first-order valence-corrected chi connectivity index (χ1v) is 9.08. The Morgan fingerprint density at radius 1 is 1.19 bits per heavy atom. The van der Waals surface area contributed by atoms with Crippen molar-refractivity contribution in [3.05, 3.63) is 71.5 Å². The van der Waals surface area contributed by atoms with Crippen LogP contribution >= 0.6 is 0 Å². The van der Waals surface area contributed by atoms with Gasteiger partial charge >= 0.3 is 5.97 Å². The number of carboxylic acids is 1. The minimum Gasteiger partial charge on any atom is -0.479 e. The number of likely N-dealkylation sites (tertiary alicyclic amines) is 1. The zero-order valence-electron chi connectivity index (χ0n) is 15.0. The smallest absolute Gasteiger partial charge is 0.330 e. The summed E-state index contributed by atoms with van der Waals surface area (Å²) < 4.78 is 13.4. The third-order valence-corrected chi connectivity index (χ3v) is 4.84. The van der Waals surface area contributed by atoms with Crippen molar-refractivity contribution in [3.8, 4) is 0 Å². The van der Waals surface area contributed by atoms with Gasteiger partial charge in [0.25, 0.3) is 0 Å². The van der Waals surface area contributed by atoms with Gasteiger partial charge in [-0.3, -0.25) is 9.69 Å². The summed E-state index contributed by atoms with van der Waals surface area (Å²) in [6, 6.07) is 14.1. The van der Waals surface area contributed by atoms with Crippen molar-refractivity contribution < 1.29 is 19.1 Å². The topological polar surface area (TPSA) is 69.6 Å². The number of nitrogens with one attached hydrogen (secondary N) is 1. The summed E-state index contributed by atoms with van der Waals surface area (Å²) in [6.07, 6.45) is 1.56. The van der Waals surface area contributed by atoms with Gasteiger partial charge in [-0.05, 0) is 42.6 Å². The van der Waals surface area contributed by atoms with Crippen LogP contribution in [0.3, 0.4) is 0 Å². The van der Waals surface area contributed by atoms with Crippen LogP contribution in [0.2, 0.25) is 0 Å². The fourth-order valence-electron chi connectivity index (χ4n) is 3.50. The third-order valence-electron chi connectivity index (χ3n) is 4.84. The number of carbonyl (C=O) groups is 2. The molecular formula is C21H23FN2O3. The molecule has 0 spiro atoms. The highest BCUT2D eigenvalue weighted by molar-refractivity contribution is 5.86. The Hall–Kier alpha value is -2.73. The normalized spacial score (nSPS) is 18.6.